The second-order valence-electron chi connectivity index (χ2n) is 5.40. The number of aliphatic hydroxyl groups excluding tert-OH is 3. The van der Waals surface area contributed by atoms with Gasteiger partial charge in [0.05, 0.1) is 12.2 Å². The van der Waals surface area contributed by atoms with Crippen LogP contribution in [-0.2, 0) is 9.53 Å². The molecule has 2 aromatic rings. The van der Waals surface area contributed by atoms with Gasteiger partial charge in [-0.25, -0.2) is 0 Å². The zero-order chi connectivity index (χ0) is 17.3. The van der Waals surface area contributed by atoms with Gasteiger partial charge in [0.15, 0.2) is 18.2 Å². The summed E-state index contributed by atoms with van der Waals surface area (Å²) in [7, 11) is 0. The third kappa shape index (κ3) is 3.00. The van der Waals surface area contributed by atoms with Crippen molar-refractivity contribution in [3.8, 4) is 0 Å². The summed E-state index contributed by atoms with van der Waals surface area (Å²) in [6.07, 6.45) is -4.57. The highest BCUT2D eigenvalue weighted by Crippen LogP contribution is 2.20. The van der Waals surface area contributed by atoms with Gasteiger partial charge in [-0.1, -0.05) is 24.3 Å². The van der Waals surface area contributed by atoms with Gasteiger partial charge in [-0.05, 0) is 0 Å². The average Bonchev–Trinajstić information content (AvgIpc) is 2.60. The van der Waals surface area contributed by atoms with Gasteiger partial charge in [0.25, 0.3) is 5.91 Å². The Kier molecular flexibility index (Phi) is 4.55. The van der Waals surface area contributed by atoms with Gasteiger partial charge in [-0.2, -0.15) is 5.10 Å². The highest BCUT2D eigenvalue weighted by Gasteiger charge is 2.45. The van der Waals surface area contributed by atoms with E-state index in [1.165, 1.54) is 0 Å². The third-order valence-corrected chi connectivity index (χ3v) is 3.80. The largest absolute Gasteiger partial charge is 0.388 e. The Bertz CT molecular complexity index is 739. The summed E-state index contributed by atoms with van der Waals surface area (Å²) >= 11 is 0. The molecule has 3 rings (SSSR count). The van der Waals surface area contributed by atoms with E-state index in [9.17, 15) is 20.1 Å². The molecule has 24 heavy (non-hydrogen) atoms. The summed E-state index contributed by atoms with van der Waals surface area (Å²) in [6.45, 7) is 0. The molecular weight excluding hydrogens is 318 g/mol. The number of hydrogen-bond acceptors (Lipinski definition) is 9. The number of fused-ring (bicyclic) bond motifs is 1. The van der Waals surface area contributed by atoms with Crippen molar-refractivity contribution in [2.45, 2.75) is 30.6 Å². The number of carbonyl (C=O) groups excluding carboxylic acids is 1. The molecule has 128 valence electrons. The van der Waals surface area contributed by atoms with E-state index in [1.807, 2.05) is 12.1 Å². The lowest BCUT2D eigenvalue weighted by Gasteiger charge is -2.38. The lowest BCUT2D eigenvalue weighted by Crippen LogP contribution is -2.64. The van der Waals surface area contributed by atoms with E-state index in [1.54, 1.807) is 18.3 Å². The Hall–Kier alpha value is -2.37. The molecule has 10 heteroatoms. The fourth-order valence-corrected chi connectivity index (χ4v) is 2.43. The maximum atomic E-state index is 12.1. The maximum Gasteiger partial charge on any atom is 0.270 e. The average molecular weight is 335 g/mol. The molecule has 1 aromatic carbocycles. The quantitative estimate of drug-likeness (QED) is 0.343. The Balaban J connectivity index is 1.71. The van der Waals surface area contributed by atoms with Crippen LogP contribution in [0, 0.1) is 0 Å². The Morgan fingerprint density at radius 1 is 1.21 bits per heavy atom. The number of amides is 1. The van der Waals surface area contributed by atoms with Gasteiger partial charge < -0.3 is 25.8 Å². The summed E-state index contributed by atoms with van der Waals surface area (Å²) in [5, 5.41) is 38.4. The number of hydrazine groups is 1. The van der Waals surface area contributed by atoms with Gasteiger partial charge in [0.1, 0.15) is 12.2 Å². The Morgan fingerprint density at radius 3 is 2.75 bits per heavy atom. The first-order valence-electron chi connectivity index (χ1n) is 7.20. The normalized spacial score (nSPS) is 30.1. The number of aromatic nitrogens is 2. The number of ether oxygens (including phenoxy) is 1. The first-order valence-corrected chi connectivity index (χ1v) is 7.20. The van der Waals surface area contributed by atoms with E-state index in [4.69, 9.17) is 10.5 Å². The highest BCUT2D eigenvalue weighted by molar-refractivity contribution is 5.92. The van der Waals surface area contributed by atoms with Crippen LogP contribution < -0.4 is 16.6 Å². The molecule has 1 saturated heterocycles. The number of anilines is 1. The molecule has 0 aliphatic carbocycles. The fourth-order valence-electron chi connectivity index (χ4n) is 2.43. The van der Waals surface area contributed by atoms with Crippen molar-refractivity contribution in [2.24, 2.45) is 5.73 Å². The molecule has 2 heterocycles. The Morgan fingerprint density at radius 2 is 1.96 bits per heavy atom. The van der Waals surface area contributed by atoms with Crippen LogP contribution in [0.4, 0.5) is 5.82 Å². The summed E-state index contributed by atoms with van der Waals surface area (Å²) in [6, 6.07) is 6.06. The van der Waals surface area contributed by atoms with Gasteiger partial charge in [0, 0.05) is 10.8 Å². The SMILES string of the molecule is N[C@H]1C(O)[C@H](O)C(C(=O)NNc2nncc3ccccc23)O[C@H]1O. The first kappa shape index (κ1) is 16.5. The zero-order valence-corrected chi connectivity index (χ0v) is 12.4. The number of hydrogen-bond donors (Lipinski definition) is 6. The van der Waals surface area contributed by atoms with Gasteiger partial charge in [-0.3, -0.25) is 15.6 Å². The van der Waals surface area contributed by atoms with Crippen LogP contribution in [0.1, 0.15) is 0 Å². The standard InChI is InChI=1S/C14H17N5O5/c15-8-9(20)10(21)11(24-14(8)23)13(22)19-18-12-7-4-2-1-3-6(7)5-16-17-12/h1-5,8-11,14,20-21,23H,15H2,(H,17,18)(H,19,22)/t8-,9?,10-,11?,14+/m0/s1. The second-order valence-corrected chi connectivity index (χ2v) is 5.40. The Labute approximate surface area is 136 Å². The fraction of sp³-hybridized carbons (Fsp3) is 0.357. The van der Waals surface area contributed by atoms with Gasteiger partial charge >= 0.3 is 0 Å². The summed E-state index contributed by atoms with van der Waals surface area (Å²) in [4.78, 5) is 12.1. The minimum atomic E-state index is -1.58. The maximum absolute atomic E-state index is 12.1. The number of aliphatic hydroxyl groups is 3. The van der Waals surface area contributed by atoms with E-state index >= 15 is 0 Å². The molecule has 1 aliphatic heterocycles. The molecule has 1 aromatic heterocycles. The van der Waals surface area contributed by atoms with Crippen LogP contribution in [0.15, 0.2) is 30.5 Å². The van der Waals surface area contributed by atoms with Crippen molar-refractivity contribution in [1.82, 2.24) is 15.6 Å². The topological polar surface area (TPSA) is 163 Å². The van der Waals surface area contributed by atoms with Crippen LogP contribution in [0.25, 0.3) is 10.8 Å². The van der Waals surface area contributed by atoms with Crippen LogP contribution >= 0.6 is 0 Å². The molecule has 1 amide bonds. The zero-order valence-electron chi connectivity index (χ0n) is 12.4. The van der Waals surface area contributed by atoms with Crippen molar-refractivity contribution in [2.75, 3.05) is 5.43 Å². The van der Waals surface area contributed by atoms with Crippen molar-refractivity contribution in [1.29, 1.82) is 0 Å². The molecule has 0 spiro atoms. The lowest BCUT2D eigenvalue weighted by atomic mass is 9.97. The molecule has 5 atom stereocenters. The van der Waals surface area contributed by atoms with Crippen LogP contribution in [0.5, 0.6) is 0 Å². The summed E-state index contributed by atoms with van der Waals surface area (Å²) in [5.74, 6) is -0.508. The van der Waals surface area contributed by atoms with Crippen molar-refractivity contribution < 1.29 is 24.9 Å². The number of nitrogens with one attached hydrogen (secondary N) is 2. The molecule has 2 unspecified atom stereocenters. The molecular formula is C14H17N5O5. The summed E-state index contributed by atoms with van der Waals surface area (Å²) in [5.41, 5.74) is 10.3. The monoisotopic (exact) mass is 335 g/mol. The second kappa shape index (κ2) is 6.63. The first-order chi connectivity index (χ1) is 11.5. The molecule has 10 nitrogen and oxygen atoms in total. The molecule has 0 bridgehead atoms. The smallest absolute Gasteiger partial charge is 0.270 e. The minimum absolute atomic E-state index is 0.296. The summed E-state index contributed by atoms with van der Waals surface area (Å²) < 4.78 is 4.95. The molecule has 1 aliphatic rings. The number of carbonyl (C=O) groups is 1. The molecule has 7 N–H and O–H groups in total. The minimum Gasteiger partial charge on any atom is -0.388 e. The number of benzene rings is 1. The van der Waals surface area contributed by atoms with Gasteiger partial charge in [-0.15, -0.1) is 5.10 Å². The van der Waals surface area contributed by atoms with Crippen molar-refractivity contribution in [3.05, 3.63) is 30.5 Å². The lowest BCUT2D eigenvalue weighted by molar-refractivity contribution is -0.238. The van der Waals surface area contributed by atoms with E-state index in [2.05, 4.69) is 21.0 Å². The third-order valence-electron chi connectivity index (χ3n) is 3.80. The van der Waals surface area contributed by atoms with Crippen molar-refractivity contribution >= 4 is 22.5 Å². The van der Waals surface area contributed by atoms with Crippen molar-refractivity contribution in [3.63, 3.8) is 0 Å². The van der Waals surface area contributed by atoms with Crippen LogP contribution in [-0.4, -0.2) is 62.1 Å². The van der Waals surface area contributed by atoms with Crippen LogP contribution in [0.2, 0.25) is 0 Å². The highest BCUT2D eigenvalue weighted by atomic mass is 16.6. The number of nitrogens with zero attached hydrogens (tertiary/aromatic N) is 2. The molecule has 0 saturated carbocycles. The van der Waals surface area contributed by atoms with Gasteiger partial charge in [0.2, 0.25) is 0 Å². The van der Waals surface area contributed by atoms with Crippen LogP contribution in [0.3, 0.4) is 0 Å². The van der Waals surface area contributed by atoms with E-state index in [0.717, 1.165) is 10.8 Å². The predicted molar refractivity (Wildman–Crippen MR) is 82.2 cm³/mol. The van der Waals surface area contributed by atoms with E-state index in [-0.39, 0.29) is 0 Å². The number of nitrogens with two attached hydrogens (primary N) is 1. The number of rotatable bonds is 3. The van der Waals surface area contributed by atoms with E-state index in [0.29, 0.717) is 5.82 Å². The van der Waals surface area contributed by atoms with E-state index < -0.39 is 36.6 Å². The molecule has 0 radical (unpaired) electrons. The predicted octanol–water partition coefficient (Wildman–Crippen LogP) is -2.16. The molecule has 1 fully saturated rings.